The van der Waals surface area contributed by atoms with Crippen molar-refractivity contribution in [1.82, 2.24) is 9.38 Å². The Balaban J connectivity index is 1.90. The molecule has 0 radical (unpaired) electrons. The first kappa shape index (κ1) is 17.6. The molecule has 0 atom stereocenters. The van der Waals surface area contributed by atoms with Crippen LogP contribution in [0.5, 0.6) is 0 Å². The van der Waals surface area contributed by atoms with Crippen molar-refractivity contribution in [2.75, 3.05) is 0 Å². The van der Waals surface area contributed by atoms with Gasteiger partial charge in [0, 0.05) is 17.1 Å². The van der Waals surface area contributed by atoms with E-state index >= 15 is 0 Å². The molecule has 0 N–H and O–H groups in total. The number of benzene rings is 2. The number of imidazole rings is 1. The Labute approximate surface area is 160 Å². The molecule has 0 spiro atoms. The van der Waals surface area contributed by atoms with Crippen molar-refractivity contribution in [2.45, 2.75) is 17.6 Å². The van der Waals surface area contributed by atoms with Crippen LogP contribution in [0.4, 0.5) is 0 Å². The zero-order chi connectivity index (χ0) is 19.0. The SMILES string of the molecule is Cc1ccc(S(=O)(=O)Cc2ccccc2)c(-c2nc3sccn3c2C=O)c1. The van der Waals surface area contributed by atoms with Crippen LogP contribution in [0.2, 0.25) is 0 Å². The third kappa shape index (κ3) is 3.20. The highest BCUT2D eigenvalue weighted by Crippen LogP contribution is 2.33. The second kappa shape index (κ2) is 6.75. The van der Waals surface area contributed by atoms with Crippen molar-refractivity contribution < 1.29 is 13.2 Å². The minimum absolute atomic E-state index is 0.109. The number of carbonyl (C=O) groups excluding carboxylic acids is 1. The smallest absolute Gasteiger partial charge is 0.194 e. The van der Waals surface area contributed by atoms with E-state index in [1.54, 1.807) is 40.9 Å². The molecule has 0 amide bonds. The average molecular weight is 396 g/mol. The third-order valence-electron chi connectivity index (χ3n) is 4.34. The molecule has 0 fully saturated rings. The highest BCUT2D eigenvalue weighted by Gasteiger charge is 2.24. The fraction of sp³-hybridized carbons (Fsp3) is 0.100. The number of fused-ring (bicyclic) bond motifs is 1. The van der Waals surface area contributed by atoms with Gasteiger partial charge in [-0.05, 0) is 24.6 Å². The van der Waals surface area contributed by atoms with Gasteiger partial charge in [0.05, 0.1) is 10.6 Å². The standard InChI is InChI=1S/C20H16N2O3S2/c1-14-7-8-18(27(24,25)13-15-5-3-2-4-6-15)16(11-14)19-17(12-23)22-9-10-26-20(22)21-19/h2-12H,13H2,1H3. The molecule has 2 heterocycles. The maximum Gasteiger partial charge on any atom is 0.194 e. The Bertz CT molecular complexity index is 1240. The minimum atomic E-state index is -3.62. The summed E-state index contributed by atoms with van der Waals surface area (Å²) >= 11 is 1.40. The number of aldehydes is 1. The van der Waals surface area contributed by atoms with E-state index in [1.807, 2.05) is 30.5 Å². The molecule has 0 aliphatic rings. The molecule has 2 aromatic heterocycles. The van der Waals surface area contributed by atoms with Crippen LogP contribution in [0.25, 0.3) is 16.2 Å². The van der Waals surface area contributed by atoms with E-state index in [9.17, 15) is 13.2 Å². The maximum atomic E-state index is 13.1. The Kier molecular flexibility index (Phi) is 4.41. The van der Waals surface area contributed by atoms with E-state index in [2.05, 4.69) is 4.98 Å². The summed E-state index contributed by atoms with van der Waals surface area (Å²) in [5, 5.41) is 1.84. The van der Waals surface area contributed by atoms with E-state index in [-0.39, 0.29) is 10.6 Å². The predicted octanol–water partition coefficient (Wildman–Crippen LogP) is 4.16. The molecule has 0 saturated heterocycles. The molecule has 0 aliphatic heterocycles. The molecule has 0 unspecified atom stereocenters. The predicted molar refractivity (Wildman–Crippen MR) is 106 cm³/mol. The highest BCUT2D eigenvalue weighted by atomic mass is 32.2. The molecule has 4 rings (SSSR count). The van der Waals surface area contributed by atoms with Gasteiger partial charge in [-0.3, -0.25) is 9.20 Å². The number of aryl methyl sites for hydroxylation is 1. The van der Waals surface area contributed by atoms with E-state index in [1.165, 1.54) is 11.3 Å². The lowest BCUT2D eigenvalue weighted by atomic mass is 10.1. The van der Waals surface area contributed by atoms with E-state index in [4.69, 9.17) is 0 Å². The summed E-state index contributed by atoms with van der Waals surface area (Å²) in [7, 11) is -3.62. The monoisotopic (exact) mass is 396 g/mol. The summed E-state index contributed by atoms with van der Waals surface area (Å²) < 4.78 is 28.0. The topological polar surface area (TPSA) is 68.5 Å². The highest BCUT2D eigenvalue weighted by molar-refractivity contribution is 7.90. The second-order valence-electron chi connectivity index (χ2n) is 6.26. The Morgan fingerprint density at radius 1 is 1.15 bits per heavy atom. The zero-order valence-electron chi connectivity index (χ0n) is 14.5. The first-order valence-corrected chi connectivity index (χ1v) is 10.8. The van der Waals surface area contributed by atoms with Crippen molar-refractivity contribution in [3.05, 3.63) is 76.9 Å². The lowest BCUT2D eigenvalue weighted by Crippen LogP contribution is -2.07. The van der Waals surface area contributed by atoms with Crippen molar-refractivity contribution in [3.63, 3.8) is 0 Å². The molecular weight excluding hydrogens is 380 g/mol. The van der Waals surface area contributed by atoms with E-state index in [0.717, 1.165) is 11.8 Å². The molecule has 4 aromatic rings. The molecule has 2 aromatic carbocycles. The van der Waals surface area contributed by atoms with Crippen LogP contribution in [0, 0.1) is 6.92 Å². The Morgan fingerprint density at radius 2 is 1.93 bits per heavy atom. The van der Waals surface area contributed by atoms with Crippen LogP contribution in [0.15, 0.2) is 65.0 Å². The van der Waals surface area contributed by atoms with Crippen LogP contribution >= 0.6 is 11.3 Å². The number of hydrogen-bond acceptors (Lipinski definition) is 5. The van der Waals surface area contributed by atoms with Crippen LogP contribution in [-0.2, 0) is 15.6 Å². The first-order chi connectivity index (χ1) is 13.0. The fourth-order valence-corrected chi connectivity index (χ4v) is 5.36. The average Bonchev–Trinajstić information content (AvgIpc) is 3.22. The summed E-state index contributed by atoms with van der Waals surface area (Å²) in [5.74, 6) is -0.109. The Hall–Kier alpha value is -2.77. The number of rotatable bonds is 5. The van der Waals surface area contributed by atoms with Gasteiger partial charge in [0.2, 0.25) is 0 Å². The molecule has 27 heavy (non-hydrogen) atoms. The first-order valence-electron chi connectivity index (χ1n) is 8.28. The van der Waals surface area contributed by atoms with Gasteiger partial charge in [0.15, 0.2) is 21.1 Å². The number of aromatic nitrogens is 2. The molecular formula is C20H16N2O3S2. The number of thiazole rings is 1. The number of carbonyl (C=O) groups is 1. The van der Waals surface area contributed by atoms with Crippen LogP contribution in [0.1, 0.15) is 21.6 Å². The van der Waals surface area contributed by atoms with Crippen molar-refractivity contribution in [3.8, 4) is 11.3 Å². The zero-order valence-corrected chi connectivity index (χ0v) is 16.1. The Morgan fingerprint density at radius 3 is 2.67 bits per heavy atom. The maximum absolute atomic E-state index is 13.1. The number of sulfone groups is 1. The van der Waals surface area contributed by atoms with E-state index in [0.29, 0.717) is 27.5 Å². The van der Waals surface area contributed by atoms with Crippen molar-refractivity contribution in [1.29, 1.82) is 0 Å². The summed E-state index contributed by atoms with van der Waals surface area (Å²) in [6, 6.07) is 14.2. The quantitative estimate of drug-likeness (QED) is 0.475. The number of nitrogens with zero attached hydrogens (tertiary/aromatic N) is 2. The van der Waals surface area contributed by atoms with Gasteiger partial charge >= 0.3 is 0 Å². The third-order valence-corrected chi connectivity index (χ3v) is 6.83. The lowest BCUT2D eigenvalue weighted by Gasteiger charge is -2.11. The normalized spacial score (nSPS) is 11.7. The van der Waals surface area contributed by atoms with Crippen molar-refractivity contribution in [2.24, 2.45) is 0 Å². The molecule has 136 valence electrons. The summed E-state index contributed by atoms with van der Waals surface area (Å²) in [6.07, 6.45) is 2.48. The van der Waals surface area contributed by atoms with Crippen LogP contribution in [-0.4, -0.2) is 24.1 Å². The van der Waals surface area contributed by atoms with Gasteiger partial charge in [0.25, 0.3) is 0 Å². The fourth-order valence-electron chi connectivity index (χ4n) is 3.09. The van der Waals surface area contributed by atoms with Gasteiger partial charge in [-0.25, -0.2) is 13.4 Å². The summed E-state index contributed by atoms with van der Waals surface area (Å²) in [5.41, 5.74) is 2.83. The van der Waals surface area contributed by atoms with Gasteiger partial charge < -0.3 is 0 Å². The van der Waals surface area contributed by atoms with Gasteiger partial charge in [-0.1, -0.05) is 42.0 Å². The number of hydrogen-bond donors (Lipinski definition) is 0. The largest absolute Gasteiger partial charge is 0.296 e. The molecule has 0 bridgehead atoms. The van der Waals surface area contributed by atoms with Crippen LogP contribution in [0.3, 0.4) is 0 Å². The van der Waals surface area contributed by atoms with Crippen molar-refractivity contribution >= 4 is 32.4 Å². The van der Waals surface area contributed by atoms with Gasteiger partial charge in [0.1, 0.15) is 11.4 Å². The molecule has 0 saturated carbocycles. The van der Waals surface area contributed by atoms with E-state index < -0.39 is 9.84 Å². The minimum Gasteiger partial charge on any atom is -0.296 e. The molecule has 0 aliphatic carbocycles. The lowest BCUT2D eigenvalue weighted by molar-refractivity contribution is 0.111. The van der Waals surface area contributed by atoms with Gasteiger partial charge in [-0.15, -0.1) is 11.3 Å². The summed E-state index contributed by atoms with van der Waals surface area (Å²) in [4.78, 5) is 17.1. The molecule has 5 nitrogen and oxygen atoms in total. The summed E-state index contributed by atoms with van der Waals surface area (Å²) in [6.45, 7) is 1.89. The molecule has 7 heteroatoms. The van der Waals surface area contributed by atoms with Gasteiger partial charge in [-0.2, -0.15) is 0 Å². The second-order valence-corrected chi connectivity index (χ2v) is 9.09. The van der Waals surface area contributed by atoms with Crippen LogP contribution < -0.4 is 0 Å².